The Morgan fingerprint density at radius 2 is 1.82 bits per heavy atom. The minimum atomic E-state index is -0.470. The van der Waals surface area contributed by atoms with E-state index < -0.39 is 5.97 Å². The number of nitrogens with zero attached hydrogens (tertiary/aromatic N) is 3. The van der Waals surface area contributed by atoms with Gasteiger partial charge in [-0.25, -0.2) is 4.79 Å². The number of ether oxygens (including phenoxy) is 1. The standard InChI is InChI=1S/C22H25N3O3/c1-15-9-7-8-12-19(15)25-21(26)17-13-24(16-10-5-3-4-6-11-16)14-18(20(17)23-25)22(27)28-2/h7-9,12-14,16H,3-6,10-11H2,1-2H3. The molecule has 0 spiro atoms. The molecular weight excluding hydrogens is 354 g/mol. The van der Waals surface area contributed by atoms with Crippen molar-refractivity contribution in [3.8, 4) is 16.9 Å². The number of hydrogen-bond donors (Lipinski definition) is 0. The van der Waals surface area contributed by atoms with E-state index in [-0.39, 0.29) is 11.6 Å². The van der Waals surface area contributed by atoms with Crippen molar-refractivity contribution in [2.24, 2.45) is 0 Å². The fourth-order valence-corrected chi connectivity index (χ4v) is 4.12. The second-order valence-corrected chi connectivity index (χ2v) is 7.52. The Morgan fingerprint density at radius 3 is 2.50 bits per heavy atom. The van der Waals surface area contributed by atoms with E-state index in [1.165, 1.54) is 24.6 Å². The van der Waals surface area contributed by atoms with Crippen molar-refractivity contribution < 1.29 is 9.53 Å². The van der Waals surface area contributed by atoms with E-state index in [0.717, 1.165) is 36.9 Å². The Hall–Kier alpha value is -2.89. The van der Waals surface area contributed by atoms with Gasteiger partial charge in [-0.2, -0.15) is 9.78 Å². The summed E-state index contributed by atoms with van der Waals surface area (Å²) >= 11 is 0. The lowest BCUT2D eigenvalue weighted by Gasteiger charge is -2.20. The molecule has 1 saturated carbocycles. The number of hydrogen-bond acceptors (Lipinski definition) is 4. The summed E-state index contributed by atoms with van der Waals surface area (Å²) in [7, 11) is 1.35. The van der Waals surface area contributed by atoms with Gasteiger partial charge in [-0.05, 0) is 31.4 Å². The number of benzene rings is 1. The van der Waals surface area contributed by atoms with Crippen molar-refractivity contribution in [3.05, 3.63) is 58.1 Å². The summed E-state index contributed by atoms with van der Waals surface area (Å²) in [4.78, 5) is 25.6. The zero-order chi connectivity index (χ0) is 19.7. The Bertz CT molecular complexity index is 1030. The first-order chi connectivity index (χ1) is 13.6. The minimum Gasteiger partial charge on any atom is -0.465 e. The molecule has 0 amide bonds. The largest absolute Gasteiger partial charge is 0.465 e. The summed E-state index contributed by atoms with van der Waals surface area (Å²) in [5, 5.41) is 4.51. The highest BCUT2D eigenvalue weighted by Gasteiger charge is 2.27. The van der Waals surface area contributed by atoms with Gasteiger partial charge in [0.25, 0.3) is 5.56 Å². The van der Waals surface area contributed by atoms with Gasteiger partial charge < -0.3 is 9.30 Å². The first-order valence-corrected chi connectivity index (χ1v) is 9.89. The van der Waals surface area contributed by atoms with Crippen LogP contribution in [0, 0.1) is 6.92 Å². The minimum absolute atomic E-state index is 0.211. The number of aryl methyl sites for hydroxylation is 1. The topological polar surface area (TPSA) is 66.1 Å². The molecule has 0 N–H and O–H groups in total. The highest BCUT2D eigenvalue weighted by Crippen LogP contribution is 2.31. The molecule has 4 rings (SSSR count). The van der Waals surface area contributed by atoms with Crippen molar-refractivity contribution >= 4 is 5.97 Å². The third-order valence-electron chi connectivity index (χ3n) is 5.68. The van der Waals surface area contributed by atoms with Crippen LogP contribution in [-0.2, 0) is 4.74 Å². The maximum absolute atomic E-state index is 13.2. The van der Waals surface area contributed by atoms with Crippen LogP contribution in [0.4, 0.5) is 0 Å². The summed E-state index contributed by atoms with van der Waals surface area (Å²) < 4.78 is 8.41. The van der Waals surface area contributed by atoms with E-state index in [0.29, 0.717) is 16.8 Å². The van der Waals surface area contributed by atoms with E-state index in [2.05, 4.69) is 5.10 Å². The van der Waals surface area contributed by atoms with Crippen molar-refractivity contribution in [2.75, 3.05) is 7.11 Å². The Labute approximate surface area is 164 Å². The first-order valence-electron chi connectivity index (χ1n) is 9.89. The molecule has 2 heterocycles. The Morgan fingerprint density at radius 1 is 1.11 bits per heavy atom. The van der Waals surface area contributed by atoms with Crippen LogP contribution in [0.5, 0.6) is 0 Å². The van der Waals surface area contributed by atoms with Gasteiger partial charge in [-0.15, -0.1) is 0 Å². The van der Waals surface area contributed by atoms with E-state index in [4.69, 9.17) is 4.74 Å². The summed E-state index contributed by atoms with van der Waals surface area (Å²) in [6, 6.07) is 7.89. The molecule has 1 aromatic carbocycles. The molecule has 1 aromatic rings. The molecular formula is C22H25N3O3. The fourth-order valence-electron chi connectivity index (χ4n) is 4.12. The summed E-state index contributed by atoms with van der Waals surface area (Å²) in [5.41, 5.74) is 2.65. The number of para-hydroxylation sites is 1. The van der Waals surface area contributed by atoms with Crippen molar-refractivity contribution in [1.29, 1.82) is 0 Å². The molecule has 146 valence electrons. The number of carbonyl (C=O) groups excluding carboxylic acids is 1. The number of methoxy groups -OCH3 is 1. The average molecular weight is 379 g/mol. The molecule has 0 unspecified atom stereocenters. The molecule has 1 fully saturated rings. The summed E-state index contributed by atoms with van der Waals surface area (Å²) in [6.45, 7) is 1.94. The monoisotopic (exact) mass is 379 g/mol. The molecule has 6 heteroatoms. The molecule has 0 aromatic heterocycles. The number of aromatic nitrogens is 3. The SMILES string of the molecule is COC(=O)c1cn(C2CCCCCC2)cc2c(=O)n(-c3ccccc3C)nc1-2. The summed E-state index contributed by atoms with van der Waals surface area (Å²) in [5.74, 6) is -0.470. The molecule has 6 nitrogen and oxygen atoms in total. The van der Waals surface area contributed by atoms with Crippen LogP contribution in [0.1, 0.15) is 60.5 Å². The molecule has 0 bridgehead atoms. The first kappa shape index (κ1) is 18.5. The number of carbonyl (C=O) groups is 1. The predicted molar refractivity (Wildman–Crippen MR) is 107 cm³/mol. The Balaban J connectivity index is 1.92. The van der Waals surface area contributed by atoms with Gasteiger partial charge in [-0.1, -0.05) is 43.9 Å². The molecule has 0 atom stereocenters. The maximum atomic E-state index is 13.2. The highest BCUT2D eigenvalue weighted by molar-refractivity contribution is 5.96. The van der Waals surface area contributed by atoms with Gasteiger partial charge in [-0.3, -0.25) is 4.79 Å². The van der Waals surface area contributed by atoms with Gasteiger partial charge in [0, 0.05) is 18.4 Å². The van der Waals surface area contributed by atoms with Gasteiger partial charge in [0.2, 0.25) is 0 Å². The van der Waals surface area contributed by atoms with E-state index in [1.807, 2.05) is 42.0 Å². The van der Waals surface area contributed by atoms with Crippen LogP contribution >= 0.6 is 0 Å². The Kier molecular flexibility index (Phi) is 5.03. The maximum Gasteiger partial charge on any atom is 0.341 e. The molecule has 1 aliphatic carbocycles. The zero-order valence-electron chi connectivity index (χ0n) is 16.4. The van der Waals surface area contributed by atoms with Crippen molar-refractivity contribution in [2.45, 2.75) is 51.5 Å². The quantitative estimate of drug-likeness (QED) is 0.507. The van der Waals surface area contributed by atoms with E-state index in [9.17, 15) is 9.59 Å². The van der Waals surface area contributed by atoms with E-state index in [1.54, 1.807) is 6.20 Å². The van der Waals surface area contributed by atoms with E-state index >= 15 is 0 Å². The van der Waals surface area contributed by atoms with Gasteiger partial charge in [0.15, 0.2) is 0 Å². The fraction of sp³-hybridized carbons (Fsp3) is 0.409. The highest BCUT2D eigenvalue weighted by atomic mass is 16.5. The molecule has 0 radical (unpaired) electrons. The normalized spacial score (nSPS) is 15.5. The lowest BCUT2D eigenvalue weighted by atomic mass is 10.1. The lowest BCUT2D eigenvalue weighted by molar-refractivity contribution is 0.0600. The predicted octanol–water partition coefficient (Wildman–Crippen LogP) is 4.13. The smallest absolute Gasteiger partial charge is 0.341 e. The van der Waals surface area contributed by atoms with Crippen LogP contribution in [0.15, 0.2) is 41.5 Å². The molecule has 3 aliphatic rings. The third-order valence-corrected chi connectivity index (χ3v) is 5.68. The number of esters is 1. The molecule has 28 heavy (non-hydrogen) atoms. The van der Waals surface area contributed by atoms with Gasteiger partial charge >= 0.3 is 5.97 Å². The summed E-state index contributed by atoms with van der Waals surface area (Å²) in [6.07, 6.45) is 10.6. The van der Waals surface area contributed by atoms with Crippen LogP contribution in [0.3, 0.4) is 0 Å². The number of fused-ring (bicyclic) bond motifs is 1. The third kappa shape index (κ3) is 3.23. The van der Waals surface area contributed by atoms with Gasteiger partial charge in [0.05, 0.1) is 18.4 Å². The van der Waals surface area contributed by atoms with Crippen LogP contribution in [0.25, 0.3) is 16.9 Å². The number of rotatable bonds is 3. The van der Waals surface area contributed by atoms with Crippen molar-refractivity contribution in [1.82, 2.24) is 14.3 Å². The second kappa shape index (κ2) is 7.62. The molecule has 0 saturated heterocycles. The second-order valence-electron chi connectivity index (χ2n) is 7.52. The van der Waals surface area contributed by atoms with Crippen LogP contribution in [-0.4, -0.2) is 27.4 Å². The zero-order valence-corrected chi connectivity index (χ0v) is 16.4. The average Bonchev–Trinajstić information content (AvgIpc) is 2.89. The molecule has 2 aliphatic heterocycles. The lowest BCUT2D eigenvalue weighted by Crippen LogP contribution is -2.17. The number of pyridine rings is 1. The van der Waals surface area contributed by atoms with Crippen LogP contribution in [0.2, 0.25) is 0 Å². The van der Waals surface area contributed by atoms with Crippen molar-refractivity contribution in [3.63, 3.8) is 0 Å². The van der Waals surface area contributed by atoms with Crippen LogP contribution < -0.4 is 5.56 Å². The van der Waals surface area contributed by atoms with Gasteiger partial charge in [0.1, 0.15) is 11.3 Å².